The zero-order valence-corrected chi connectivity index (χ0v) is 11.9. The molecular formula is C18H12NSi. The molecule has 1 heterocycles. The van der Waals surface area contributed by atoms with Gasteiger partial charge in [0, 0.05) is 16.5 Å². The fraction of sp³-hybridized carbons (Fsp3) is 0. The van der Waals surface area contributed by atoms with Crippen LogP contribution in [-0.2, 0) is 0 Å². The van der Waals surface area contributed by atoms with Crippen molar-refractivity contribution in [2.45, 2.75) is 0 Å². The lowest BCUT2D eigenvalue weighted by Crippen LogP contribution is -2.00. The molecule has 3 radical (unpaired) electrons. The number of aromatic nitrogens is 1. The molecule has 0 aliphatic rings. The fourth-order valence-corrected chi connectivity index (χ4v) is 3.06. The highest BCUT2D eigenvalue weighted by molar-refractivity contribution is 6.33. The second-order valence-corrected chi connectivity index (χ2v) is 5.50. The lowest BCUT2D eigenvalue weighted by Gasteiger charge is -2.07. The van der Waals surface area contributed by atoms with Gasteiger partial charge in [0.05, 0.1) is 21.3 Å². The fourth-order valence-electron chi connectivity index (χ4n) is 2.83. The van der Waals surface area contributed by atoms with Crippen LogP contribution in [0.15, 0.2) is 72.8 Å². The Labute approximate surface area is 120 Å². The Balaban J connectivity index is 2.22. The highest BCUT2D eigenvalue weighted by atomic mass is 28.1. The van der Waals surface area contributed by atoms with Gasteiger partial charge in [-0.2, -0.15) is 0 Å². The maximum absolute atomic E-state index is 3.63. The molecule has 0 saturated heterocycles. The van der Waals surface area contributed by atoms with Gasteiger partial charge in [0.25, 0.3) is 0 Å². The van der Waals surface area contributed by atoms with Crippen molar-refractivity contribution in [3.63, 3.8) is 0 Å². The maximum Gasteiger partial charge on any atom is 0.0712 e. The Morgan fingerprint density at radius 3 is 2.20 bits per heavy atom. The molecule has 0 saturated carbocycles. The van der Waals surface area contributed by atoms with Gasteiger partial charge in [-0.3, -0.25) is 0 Å². The van der Waals surface area contributed by atoms with E-state index in [9.17, 15) is 0 Å². The third kappa shape index (κ3) is 1.62. The number of rotatable bonds is 1. The van der Waals surface area contributed by atoms with Crippen LogP contribution in [0.1, 0.15) is 0 Å². The lowest BCUT2D eigenvalue weighted by atomic mass is 10.1. The van der Waals surface area contributed by atoms with Gasteiger partial charge in [-0.25, -0.2) is 0 Å². The molecule has 2 heteroatoms. The van der Waals surface area contributed by atoms with Gasteiger partial charge >= 0.3 is 0 Å². The predicted molar refractivity (Wildman–Crippen MR) is 86.2 cm³/mol. The van der Waals surface area contributed by atoms with E-state index >= 15 is 0 Å². The molecule has 0 atom stereocenters. The summed E-state index contributed by atoms with van der Waals surface area (Å²) in [5, 5.41) is 3.66. The summed E-state index contributed by atoms with van der Waals surface area (Å²) < 4.78 is 2.32. The third-order valence-corrected chi connectivity index (χ3v) is 4.00. The van der Waals surface area contributed by atoms with Crippen LogP contribution in [0.3, 0.4) is 0 Å². The summed E-state index contributed by atoms with van der Waals surface area (Å²) in [6, 6.07) is 25.5. The molecular weight excluding hydrogens is 258 g/mol. The SMILES string of the molecule is [Si]c1ccc2c(c1)c1ccccc1n2-c1ccccc1. The summed E-state index contributed by atoms with van der Waals surface area (Å²) in [4.78, 5) is 0. The van der Waals surface area contributed by atoms with Crippen molar-refractivity contribution in [2.75, 3.05) is 0 Å². The van der Waals surface area contributed by atoms with E-state index in [1.807, 2.05) is 6.07 Å². The van der Waals surface area contributed by atoms with Gasteiger partial charge in [0.2, 0.25) is 0 Å². The number of fused-ring (bicyclic) bond motifs is 3. The molecule has 3 aromatic carbocycles. The Hall–Kier alpha value is -2.32. The molecule has 0 N–H and O–H groups in total. The number of hydrogen-bond donors (Lipinski definition) is 0. The minimum atomic E-state index is 1.11. The van der Waals surface area contributed by atoms with E-state index in [0.717, 1.165) is 5.19 Å². The molecule has 0 aliphatic heterocycles. The van der Waals surface area contributed by atoms with Crippen LogP contribution in [0.5, 0.6) is 0 Å². The van der Waals surface area contributed by atoms with E-state index in [4.69, 9.17) is 0 Å². The maximum atomic E-state index is 3.63. The first kappa shape index (κ1) is 11.5. The standard InChI is InChI=1S/C18H12NSi/c20-14-10-11-18-16(12-14)15-8-4-5-9-17(15)19(18)13-6-2-1-3-7-13/h1-12H. The minimum absolute atomic E-state index is 1.11. The van der Waals surface area contributed by atoms with Crippen LogP contribution < -0.4 is 5.19 Å². The molecule has 0 amide bonds. The lowest BCUT2D eigenvalue weighted by molar-refractivity contribution is 1.18. The number of para-hydroxylation sites is 2. The van der Waals surface area contributed by atoms with Gasteiger partial charge in [0.1, 0.15) is 0 Å². The molecule has 4 aromatic rings. The summed E-state index contributed by atoms with van der Waals surface area (Å²) in [5.41, 5.74) is 3.67. The van der Waals surface area contributed by atoms with Crippen molar-refractivity contribution in [3.8, 4) is 5.69 Å². The van der Waals surface area contributed by atoms with Gasteiger partial charge < -0.3 is 4.57 Å². The summed E-state index contributed by atoms with van der Waals surface area (Å²) in [6.45, 7) is 0. The Morgan fingerprint density at radius 2 is 1.35 bits per heavy atom. The van der Waals surface area contributed by atoms with Crippen LogP contribution >= 0.6 is 0 Å². The van der Waals surface area contributed by atoms with Crippen LogP contribution in [-0.4, -0.2) is 14.8 Å². The average Bonchev–Trinajstić information content (AvgIpc) is 2.82. The molecule has 0 fully saturated rings. The quantitative estimate of drug-likeness (QED) is 0.466. The molecule has 4 rings (SSSR count). The van der Waals surface area contributed by atoms with Crippen molar-refractivity contribution < 1.29 is 0 Å². The first-order valence-electron chi connectivity index (χ1n) is 6.65. The second kappa shape index (κ2) is 4.36. The Kier molecular flexibility index (Phi) is 2.50. The highest BCUT2D eigenvalue weighted by Crippen LogP contribution is 2.30. The molecule has 0 bridgehead atoms. The van der Waals surface area contributed by atoms with Crippen molar-refractivity contribution >= 4 is 37.2 Å². The monoisotopic (exact) mass is 270 g/mol. The largest absolute Gasteiger partial charge is 0.309 e. The zero-order chi connectivity index (χ0) is 13.5. The van der Waals surface area contributed by atoms with Crippen LogP contribution in [0.2, 0.25) is 0 Å². The van der Waals surface area contributed by atoms with Gasteiger partial charge in [-0.05, 0) is 24.3 Å². The van der Waals surface area contributed by atoms with Gasteiger partial charge in [-0.15, -0.1) is 0 Å². The number of benzene rings is 3. The molecule has 20 heavy (non-hydrogen) atoms. The molecule has 0 aliphatic carbocycles. The van der Waals surface area contributed by atoms with E-state index in [2.05, 4.69) is 81.5 Å². The number of hydrogen-bond acceptors (Lipinski definition) is 0. The molecule has 1 aromatic heterocycles. The van der Waals surface area contributed by atoms with E-state index in [0.29, 0.717) is 0 Å². The molecule has 93 valence electrons. The first-order chi connectivity index (χ1) is 9.84. The average molecular weight is 270 g/mol. The summed E-state index contributed by atoms with van der Waals surface area (Å²) in [7, 11) is 3.63. The van der Waals surface area contributed by atoms with Crippen LogP contribution in [0.25, 0.3) is 27.5 Å². The van der Waals surface area contributed by atoms with E-state index in [-0.39, 0.29) is 0 Å². The summed E-state index contributed by atoms with van der Waals surface area (Å²) in [5.74, 6) is 0. The van der Waals surface area contributed by atoms with Gasteiger partial charge in [0.15, 0.2) is 0 Å². The normalized spacial score (nSPS) is 11.2. The highest BCUT2D eigenvalue weighted by Gasteiger charge is 2.11. The Bertz CT molecular complexity index is 907. The van der Waals surface area contributed by atoms with E-state index in [1.165, 1.54) is 27.5 Å². The van der Waals surface area contributed by atoms with Crippen molar-refractivity contribution in [2.24, 2.45) is 0 Å². The van der Waals surface area contributed by atoms with Crippen LogP contribution in [0.4, 0.5) is 0 Å². The predicted octanol–water partition coefficient (Wildman–Crippen LogP) is 3.58. The topological polar surface area (TPSA) is 4.93 Å². The van der Waals surface area contributed by atoms with E-state index < -0.39 is 0 Å². The summed E-state index contributed by atoms with van der Waals surface area (Å²) in [6.07, 6.45) is 0. The third-order valence-electron chi connectivity index (χ3n) is 3.69. The second-order valence-electron chi connectivity index (χ2n) is 4.92. The van der Waals surface area contributed by atoms with Crippen molar-refractivity contribution in [1.82, 2.24) is 4.57 Å². The van der Waals surface area contributed by atoms with Crippen LogP contribution in [0, 0.1) is 0 Å². The molecule has 0 spiro atoms. The number of nitrogens with zero attached hydrogens (tertiary/aromatic N) is 1. The zero-order valence-electron chi connectivity index (χ0n) is 10.9. The van der Waals surface area contributed by atoms with Crippen molar-refractivity contribution in [1.29, 1.82) is 0 Å². The smallest absolute Gasteiger partial charge is 0.0712 e. The first-order valence-corrected chi connectivity index (χ1v) is 7.15. The minimum Gasteiger partial charge on any atom is -0.309 e. The van der Waals surface area contributed by atoms with E-state index in [1.54, 1.807) is 0 Å². The molecule has 0 unspecified atom stereocenters. The molecule has 1 nitrogen and oxygen atoms in total. The Morgan fingerprint density at radius 1 is 0.650 bits per heavy atom. The summed E-state index contributed by atoms with van der Waals surface area (Å²) >= 11 is 0. The van der Waals surface area contributed by atoms with Gasteiger partial charge in [-0.1, -0.05) is 53.7 Å². The van der Waals surface area contributed by atoms with Crippen molar-refractivity contribution in [3.05, 3.63) is 72.8 Å².